The molecule has 0 amide bonds. The Balaban J connectivity index is 3.20. The van der Waals surface area contributed by atoms with E-state index in [4.69, 9.17) is 10.5 Å². The minimum Gasteiger partial charge on any atom is -0.198 e. The average molecular weight is 164 g/mol. The summed E-state index contributed by atoms with van der Waals surface area (Å²) in [5, 5.41) is 16.9. The molecule has 0 spiro atoms. The van der Waals surface area contributed by atoms with Crippen molar-refractivity contribution in [3.63, 3.8) is 0 Å². The molecule has 0 aromatic rings. The molecule has 0 N–H and O–H groups in total. The van der Waals surface area contributed by atoms with Crippen LogP contribution in [0.15, 0.2) is 0 Å². The molecule has 0 aromatic heterocycles. The minimum atomic E-state index is 0.229. The highest BCUT2D eigenvalue weighted by atomic mass is 14.3. The van der Waals surface area contributed by atoms with Gasteiger partial charge in [0.2, 0.25) is 0 Å². The summed E-state index contributed by atoms with van der Waals surface area (Å²) < 4.78 is 0. The second-order valence-electron chi connectivity index (χ2n) is 2.99. The predicted molar refractivity (Wildman–Crippen MR) is 48.1 cm³/mol. The third kappa shape index (κ3) is 5.74. The van der Waals surface area contributed by atoms with Gasteiger partial charge in [0.05, 0.1) is 12.1 Å². The summed E-state index contributed by atoms with van der Waals surface area (Å²) in [6.45, 7) is 2.04. The zero-order valence-corrected chi connectivity index (χ0v) is 7.71. The van der Waals surface area contributed by atoms with E-state index in [0.29, 0.717) is 6.42 Å². The van der Waals surface area contributed by atoms with Crippen LogP contribution in [0.2, 0.25) is 0 Å². The summed E-state index contributed by atoms with van der Waals surface area (Å²) in [6, 6.07) is 4.40. The van der Waals surface area contributed by atoms with E-state index in [2.05, 4.69) is 12.1 Å². The predicted octanol–water partition coefficient (Wildman–Crippen LogP) is 3.01. The van der Waals surface area contributed by atoms with Crippen LogP contribution in [0, 0.1) is 28.6 Å². The maximum atomic E-state index is 8.63. The van der Waals surface area contributed by atoms with E-state index in [1.165, 1.54) is 0 Å². The van der Waals surface area contributed by atoms with Crippen LogP contribution in [-0.2, 0) is 0 Å². The van der Waals surface area contributed by atoms with Gasteiger partial charge in [-0.05, 0) is 19.3 Å². The van der Waals surface area contributed by atoms with Crippen molar-refractivity contribution in [3.05, 3.63) is 0 Å². The van der Waals surface area contributed by atoms with E-state index in [1.807, 2.05) is 6.92 Å². The van der Waals surface area contributed by atoms with Gasteiger partial charge in [-0.1, -0.05) is 19.8 Å². The monoisotopic (exact) mass is 164 g/mol. The summed E-state index contributed by atoms with van der Waals surface area (Å²) in [4.78, 5) is 0. The van der Waals surface area contributed by atoms with Crippen molar-refractivity contribution in [3.8, 4) is 12.1 Å². The zero-order valence-electron chi connectivity index (χ0n) is 7.71. The highest BCUT2D eigenvalue weighted by molar-refractivity contribution is 4.81. The Morgan fingerprint density at radius 1 is 1.17 bits per heavy atom. The standard InChI is InChI=1S/C10H16N2/c1-2-10(9-12)7-5-3-4-6-8-11/h10H,2-7H2,1H3. The second kappa shape index (κ2) is 8.08. The molecule has 0 heterocycles. The van der Waals surface area contributed by atoms with Crippen molar-refractivity contribution in [2.45, 2.75) is 45.4 Å². The SMILES string of the molecule is CCC(C#N)CCCCCC#N. The van der Waals surface area contributed by atoms with E-state index >= 15 is 0 Å². The third-order valence-corrected chi connectivity index (χ3v) is 2.02. The molecule has 0 saturated carbocycles. The van der Waals surface area contributed by atoms with Crippen LogP contribution in [-0.4, -0.2) is 0 Å². The Bertz CT molecular complexity index is 173. The number of nitrogens with zero attached hydrogens (tertiary/aromatic N) is 2. The molecule has 0 aliphatic rings. The summed E-state index contributed by atoms with van der Waals surface area (Å²) in [5.41, 5.74) is 0. The van der Waals surface area contributed by atoms with E-state index in [1.54, 1.807) is 0 Å². The van der Waals surface area contributed by atoms with E-state index in [-0.39, 0.29) is 5.92 Å². The molecule has 12 heavy (non-hydrogen) atoms. The lowest BCUT2D eigenvalue weighted by molar-refractivity contribution is 0.531. The van der Waals surface area contributed by atoms with Crippen molar-refractivity contribution in [2.75, 3.05) is 0 Å². The smallest absolute Gasteiger partial charge is 0.0655 e. The van der Waals surface area contributed by atoms with Crippen molar-refractivity contribution >= 4 is 0 Å². The second-order valence-corrected chi connectivity index (χ2v) is 2.99. The molecule has 0 aliphatic heterocycles. The van der Waals surface area contributed by atoms with Crippen molar-refractivity contribution < 1.29 is 0 Å². The van der Waals surface area contributed by atoms with Crippen LogP contribution < -0.4 is 0 Å². The lowest BCUT2D eigenvalue weighted by Gasteiger charge is -2.03. The van der Waals surface area contributed by atoms with Crippen LogP contribution in [0.1, 0.15) is 45.4 Å². The zero-order chi connectivity index (χ0) is 9.23. The highest BCUT2D eigenvalue weighted by Crippen LogP contribution is 2.12. The normalized spacial score (nSPS) is 11.6. The molecule has 0 radical (unpaired) electrons. The molecule has 1 atom stereocenters. The van der Waals surface area contributed by atoms with E-state index in [9.17, 15) is 0 Å². The Hall–Kier alpha value is -1.02. The molecular weight excluding hydrogens is 148 g/mol. The Morgan fingerprint density at radius 3 is 2.42 bits per heavy atom. The number of rotatable bonds is 6. The fourth-order valence-corrected chi connectivity index (χ4v) is 1.13. The van der Waals surface area contributed by atoms with Gasteiger partial charge in [-0.25, -0.2) is 0 Å². The van der Waals surface area contributed by atoms with Gasteiger partial charge < -0.3 is 0 Å². The molecule has 1 unspecified atom stereocenters. The van der Waals surface area contributed by atoms with Crippen LogP contribution in [0.3, 0.4) is 0 Å². The first-order valence-corrected chi connectivity index (χ1v) is 4.61. The maximum Gasteiger partial charge on any atom is 0.0655 e. The number of hydrogen-bond acceptors (Lipinski definition) is 2. The molecule has 2 heteroatoms. The molecule has 2 nitrogen and oxygen atoms in total. The van der Waals surface area contributed by atoms with Crippen LogP contribution >= 0.6 is 0 Å². The van der Waals surface area contributed by atoms with Crippen molar-refractivity contribution in [2.24, 2.45) is 5.92 Å². The largest absolute Gasteiger partial charge is 0.198 e. The highest BCUT2D eigenvalue weighted by Gasteiger charge is 2.02. The van der Waals surface area contributed by atoms with Gasteiger partial charge in [-0.15, -0.1) is 0 Å². The Labute approximate surface area is 74.8 Å². The topological polar surface area (TPSA) is 47.6 Å². The number of hydrogen-bond donors (Lipinski definition) is 0. The first-order chi connectivity index (χ1) is 5.85. The minimum absolute atomic E-state index is 0.229. The fraction of sp³-hybridized carbons (Fsp3) is 0.800. The molecular formula is C10H16N2. The average Bonchev–Trinajstić information content (AvgIpc) is 2.11. The summed E-state index contributed by atoms with van der Waals surface area (Å²) in [5.74, 6) is 0.229. The van der Waals surface area contributed by atoms with E-state index in [0.717, 1.165) is 32.1 Å². The lowest BCUT2D eigenvalue weighted by Crippen LogP contribution is -1.94. The van der Waals surface area contributed by atoms with E-state index < -0.39 is 0 Å². The van der Waals surface area contributed by atoms with Gasteiger partial charge in [0.25, 0.3) is 0 Å². The van der Waals surface area contributed by atoms with Crippen LogP contribution in [0.4, 0.5) is 0 Å². The Morgan fingerprint density at radius 2 is 1.92 bits per heavy atom. The number of nitriles is 2. The van der Waals surface area contributed by atoms with Crippen LogP contribution in [0.5, 0.6) is 0 Å². The Kier molecular flexibility index (Phi) is 7.39. The van der Waals surface area contributed by atoms with Gasteiger partial charge in [0.15, 0.2) is 0 Å². The van der Waals surface area contributed by atoms with Gasteiger partial charge >= 0.3 is 0 Å². The first kappa shape index (κ1) is 11.0. The summed E-state index contributed by atoms with van der Waals surface area (Å²) in [7, 11) is 0. The van der Waals surface area contributed by atoms with Gasteiger partial charge in [0.1, 0.15) is 0 Å². The fourth-order valence-electron chi connectivity index (χ4n) is 1.13. The molecule has 66 valence electrons. The van der Waals surface area contributed by atoms with Gasteiger partial charge in [-0.3, -0.25) is 0 Å². The maximum absolute atomic E-state index is 8.63. The van der Waals surface area contributed by atoms with Crippen LogP contribution in [0.25, 0.3) is 0 Å². The summed E-state index contributed by atoms with van der Waals surface area (Å²) >= 11 is 0. The molecule has 0 bridgehead atoms. The third-order valence-electron chi connectivity index (χ3n) is 2.02. The van der Waals surface area contributed by atoms with Crippen molar-refractivity contribution in [1.29, 1.82) is 10.5 Å². The number of unbranched alkanes of at least 4 members (excludes halogenated alkanes) is 3. The lowest BCUT2D eigenvalue weighted by atomic mass is 10.00. The molecule has 0 aliphatic carbocycles. The van der Waals surface area contributed by atoms with Gasteiger partial charge in [0, 0.05) is 12.3 Å². The molecule has 0 fully saturated rings. The van der Waals surface area contributed by atoms with Gasteiger partial charge in [-0.2, -0.15) is 10.5 Å². The molecule has 0 aromatic carbocycles. The summed E-state index contributed by atoms with van der Waals surface area (Å²) in [6.07, 6.45) is 5.77. The first-order valence-electron chi connectivity index (χ1n) is 4.61. The molecule has 0 saturated heterocycles. The molecule has 0 rings (SSSR count). The van der Waals surface area contributed by atoms with Crippen molar-refractivity contribution in [1.82, 2.24) is 0 Å². The quantitative estimate of drug-likeness (QED) is 0.566.